The number of hydrogen-bond acceptors (Lipinski definition) is 6. The lowest BCUT2D eigenvalue weighted by molar-refractivity contribution is 0.591. The van der Waals surface area contributed by atoms with Gasteiger partial charge in [0.25, 0.3) is 10.0 Å². The Hall–Kier alpha value is -2.23. The van der Waals surface area contributed by atoms with Crippen molar-refractivity contribution >= 4 is 36.3 Å². The molecule has 142 valence electrons. The summed E-state index contributed by atoms with van der Waals surface area (Å²) in [7, 11) is -7.26. The van der Waals surface area contributed by atoms with Gasteiger partial charge in [0.1, 0.15) is 0 Å². The third-order valence-electron chi connectivity index (χ3n) is 3.87. The molecule has 0 radical (unpaired) electrons. The molecule has 6 nitrogen and oxygen atoms in total. The van der Waals surface area contributed by atoms with Gasteiger partial charge in [0.15, 0.2) is 15.0 Å². The second kappa shape index (κ2) is 8.20. The first-order valence-electron chi connectivity index (χ1n) is 8.16. The summed E-state index contributed by atoms with van der Waals surface area (Å²) in [6.45, 7) is 0. The molecular weight excluding hydrogens is 404 g/mol. The summed E-state index contributed by atoms with van der Waals surface area (Å²) < 4.78 is 51.9. The van der Waals surface area contributed by atoms with E-state index in [1.165, 1.54) is 30.5 Å². The number of sulfonamides is 1. The highest BCUT2D eigenvalue weighted by Gasteiger charge is 2.18. The van der Waals surface area contributed by atoms with Gasteiger partial charge in [-0.1, -0.05) is 30.3 Å². The Morgan fingerprint density at radius 1 is 0.889 bits per heavy atom. The van der Waals surface area contributed by atoms with Crippen molar-refractivity contribution in [1.82, 2.24) is 4.98 Å². The highest BCUT2D eigenvalue weighted by atomic mass is 32.2. The van der Waals surface area contributed by atoms with E-state index < -0.39 is 19.9 Å². The molecule has 0 saturated heterocycles. The summed E-state index contributed by atoms with van der Waals surface area (Å²) in [6.07, 6.45) is 2.66. The molecule has 3 rings (SSSR count). The van der Waals surface area contributed by atoms with Crippen molar-refractivity contribution in [1.29, 1.82) is 0 Å². The summed E-state index contributed by atoms with van der Waals surface area (Å²) in [6, 6.07) is 14.9. The fourth-order valence-electron chi connectivity index (χ4n) is 2.50. The maximum absolute atomic E-state index is 12.5. The number of nitrogens with zero attached hydrogens (tertiary/aromatic N) is 1. The number of anilines is 1. The Bertz CT molecular complexity index is 1080. The summed E-state index contributed by atoms with van der Waals surface area (Å²) in [5.41, 5.74) is 1.09. The third-order valence-corrected chi connectivity index (χ3v) is 7.86. The van der Waals surface area contributed by atoms with Crippen LogP contribution in [0.3, 0.4) is 0 Å². The average molecular weight is 423 g/mol. The van der Waals surface area contributed by atoms with E-state index in [2.05, 4.69) is 9.71 Å². The molecule has 27 heavy (non-hydrogen) atoms. The van der Waals surface area contributed by atoms with E-state index >= 15 is 0 Å². The number of aryl methyl sites for hydroxylation is 1. The lowest BCUT2D eigenvalue weighted by atomic mass is 10.1. The van der Waals surface area contributed by atoms with Crippen molar-refractivity contribution in [3.8, 4) is 0 Å². The molecule has 3 aromatic rings. The van der Waals surface area contributed by atoms with Gasteiger partial charge in [-0.05, 0) is 42.7 Å². The monoisotopic (exact) mass is 422 g/mol. The Morgan fingerprint density at radius 2 is 1.56 bits per heavy atom. The zero-order valence-electron chi connectivity index (χ0n) is 14.3. The molecule has 0 saturated carbocycles. The Balaban J connectivity index is 1.66. The highest BCUT2D eigenvalue weighted by molar-refractivity contribution is 7.93. The van der Waals surface area contributed by atoms with Gasteiger partial charge >= 0.3 is 0 Å². The first-order chi connectivity index (χ1) is 12.9. The fraction of sp³-hybridized carbons (Fsp3) is 0.167. The number of aromatic nitrogens is 1. The second-order valence-corrected chi connectivity index (χ2v) is 10.5. The van der Waals surface area contributed by atoms with Crippen molar-refractivity contribution in [2.24, 2.45) is 0 Å². The molecule has 0 aliphatic carbocycles. The predicted molar refractivity (Wildman–Crippen MR) is 106 cm³/mol. The van der Waals surface area contributed by atoms with E-state index in [4.69, 9.17) is 0 Å². The largest absolute Gasteiger partial charge is 0.263 e. The van der Waals surface area contributed by atoms with Crippen LogP contribution in [0.25, 0.3) is 0 Å². The van der Waals surface area contributed by atoms with Gasteiger partial charge in [0.05, 0.1) is 15.5 Å². The topological polar surface area (TPSA) is 93.2 Å². The van der Waals surface area contributed by atoms with E-state index in [9.17, 15) is 16.8 Å². The van der Waals surface area contributed by atoms with Gasteiger partial charge in [0.2, 0.25) is 0 Å². The number of rotatable bonds is 8. The van der Waals surface area contributed by atoms with Crippen LogP contribution in [-0.4, -0.2) is 27.6 Å². The average Bonchev–Trinajstić information content (AvgIpc) is 3.15. The normalized spacial score (nSPS) is 12.0. The van der Waals surface area contributed by atoms with Crippen LogP contribution in [0.5, 0.6) is 0 Å². The van der Waals surface area contributed by atoms with Gasteiger partial charge < -0.3 is 0 Å². The Morgan fingerprint density at radius 3 is 2.19 bits per heavy atom. The van der Waals surface area contributed by atoms with Gasteiger partial charge in [-0.25, -0.2) is 21.8 Å². The molecule has 0 unspecified atom stereocenters. The molecule has 0 bridgehead atoms. The molecule has 0 fully saturated rings. The van der Waals surface area contributed by atoms with Gasteiger partial charge in [-0.15, -0.1) is 11.3 Å². The highest BCUT2D eigenvalue weighted by Crippen LogP contribution is 2.20. The van der Waals surface area contributed by atoms with E-state index in [1.807, 2.05) is 30.3 Å². The van der Waals surface area contributed by atoms with Gasteiger partial charge in [-0.3, -0.25) is 4.72 Å². The Kier molecular flexibility index (Phi) is 5.93. The van der Waals surface area contributed by atoms with Gasteiger partial charge in [0, 0.05) is 11.6 Å². The minimum Gasteiger partial charge on any atom is -0.255 e. The van der Waals surface area contributed by atoms with Crippen LogP contribution < -0.4 is 4.72 Å². The first-order valence-corrected chi connectivity index (χ1v) is 12.2. The van der Waals surface area contributed by atoms with Crippen LogP contribution in [-0.2, 0) is 26.3 Å². The van der Waals surface area contributed by atoms with Crippen LogP contribution in [0, 0.1) is 0 Å². The predicted octanol–water partition coefficient (Wildman–Crippen LogP) is 3.35. The summed E-state index contributed by atoms with van der Waals surface area (Å²) in [5.74, 6) is 0.00531. The zero-order chi connectivity index (χ0) is 19.3. The van der Waals surface area contributed by atoms with Crippen LogP contribution in [0.4, 0.5) is 5.13 Å². The minimum atomic E-state index is -3.80. The molecule has 2 aromatic carbocycles. The van der Waals surface area contributed by atoms with Crippen LogP contribution in [0.1, 0.15) is 12.0 Å². The molecular formula is C18H18N2O4S3. The molecule has 0 amide bonds. The van der Waals surface area contributed by atoms with Crippen LogP contribution in [0.2, 0.25) is 0 Å². The number of sulfone groups is 1. The lowest BCUT2D eigenvalue weighted by Gasteiger charge is -2.08. The van der Waals surface area contributed by atoms with Crippen molar-refractivity contribution in [2.45, 2.75) is 22.6 Å². The SMILES string of the molecule is O=S(=O)(CCCc1ccccc1)c1ccc(S(=O)(=O)Nc2nccs2)cc1. The van der Waals surface area contributed by atoms with E-state index in [-0.39, 0.29) is 20.7 Å². The summed E-state index contributed by atoms with van der Waals surface area (Å²) in [5, 5.41) is 1.91. The molecule has 0 atom stereocenters. The molecule has 9 heteroatoms. The van der Waals surface area contributed by atoms with E-state index in [0.717, 1.165) is 16.9 Å². The lowest BCUT2D eigenvalue weighted by Crippen LogP contribution is -2.13. The third kappa shape index (κ3) is 5.15. The maximum atomic E-state index is 12.5. The molecule has 0 aliphatic heterocycles. The summed E-state index contributed by atoms with van der Waals surface area (Å²) in [4.78, 5) is 3.98. The van der Waals surface area contributed by atoms with Crippen molar-refractivity contribution in [2.75, 3.05) is 10.5 Å². The first kappa shape index (κ1) is 19.5. The van der Waals surface area contributed by atoms with E-state index in [1.54, 1.807) is 5.38 Å². The van der Waals surface area contributed by atoms with E-state index in [0.29, 0.717) is 12.8 Å². The zero-order valence-corrected chi connectivity index (χ0v) is 16.7. The van der Waals surface area contributed by atoms with Gasteiger partial charge in [-0.2, -0.15) is 0 Å². The molecule has 0 aliphatic rings. The van der Waals surface area contributed by atoms with Crippen molar-refractivity contribution < 1.29 is 16.8 Å². The minimum absolute atomic E-state index is 0.00531. The van der Waals surface area contributed by atoms with Crippen LogP contribution >= 0.6 is 11.3 Å². The molecule has 1 N–H and O–H groups in total. The van der Waals surface area contributed by atoms with Crippen LogP contribution in [0.15, 0.2) is 76.0 Å². The fourth-order valence-corrected chi connectivity index (χ4v) is 5.60. The Labute approximate surface area is 162 Å². The standard InChI is InChI=1S/C18H18N2O4S3/c21-26(22,14-4-7-15-5-2-1-3-6-15)16-8-10-17(11-9-16)27(23,24)20-18-19-12-13-25-18/h1-3,5-6,8-13H,4,7,14H2,(H,19,20). The number of nitrogens with one attached hydrogen (secondary N) is 1. The number of benzene rings is 2. The molecule has 0 spiro atoms. The van der Waals surface area contributed by atoms with Crippen molar-refractivity contribution in [3.05, 3.63) is 71.7 Å². The quantitative estimate of drug-likeness (QED) is 0.601. The summed E-state index contributed by atoms with van der Waals surface area (Å²) >= 11 is 1.16. The molecule has 1 heterocycles. The maximum Gasteiger partial charge on any atom is 0.263 e. The smallest absolute Gasteiger partial charge is 0.255 e. The number of hydrogen-bond donors (Lipinski definition) is 1. The second-order valence-electron chi connectivity index (χ2n) is 5.82. The van der Waals surface area contributed by atoms with Crippen molar-refractivity contribution in [3.63, 3.8) is 0 Å². The molecule has 1 aromatic heterocycles. The number of thiazole rings is 1.